The third-order valence-corrected chi connectivity index (χ3v) is 3.42. The molecule has 10 heteroatoms. The number of carboxylic acids is 1. The van der Waals surface area contributed by atoms with E-state index in [-0.39, 0.29) is 19.5 Å². The predicted molar refractivity (Wildman–Crippen MR) is 59.3 cm³/mol. The minimum atomic E-state index is -5.16. The highest BCUT2D eigenvalue weighted by Gasteiger charge is 2.57. The minimum absolute atomic E-state index is 0.0226. The molecule has 0 aromatic carbocycles. The topological polar surface area (TPSA) is 87.2 Å². The van der Waals surface area contributed by atoms with Gasteiger partial charge < -0.3 is 14.8 Å². The molecule has 2 heterocycles. The Morgan fingerprint density at radius 2 is 2.10 bits per heavy atom. The van der Waals surface area contributed by atoms with E-state index in [4.69, 9.17) is 5.11 Å². The largest absolute Gasteiger partial charge is 0.492 e. The summed E-state index contributed by atoms with van der Waals surface area (Å²) in [7, 11) is 0. The molecule has 2 aliphatic heterocycles. The molecule has 0 aromatic heterocycles. The Kier molecular flexibility index (Phi) is 3.83. The monoisotopic (exact) mass is 309 g/mol. The maximum absolute atomic E-state index is 12.2. The number of nitrogens with zero attached hydrogens (tertiary/aromatic N) is 2. The highest BCUT2D eigenvalue weighted by molar-refractivity contribution is 5.93. The van der Waals surface area contributed by atoms with Gasteiger partial charge in [-0.2, -0.15) is 13.2 Å². The molecular formula is C11H12F3N2O5. The molecular weight excluding hydrogens is 297 g/mol. The van der Waals surface area contributed by atoms with E-state index in [9.17, 15) is 27.6 Å². The third-order valence-electron chi connectivity index (χ3n) is 3.42. The van der Waals surface area contributed by atoms with E-state index in [0.717, 1.165) is 4.90 Å². The zero-order valence-electron chi connectivity index (χ0n) is 10.7. The lowest BCUT2D eigenvalue weighted by atomic mass is 9.95. The number of rotatable bonds is 3. The summed E-state index contributed by atoms with van der Waals surface area (Å²) in [4.78, 5) is 39.0. The van der Waals surface area contributed by atoms with E-state index in [1.54, 1.807) is 0 Å². The van der Waals surface area contributed by atoms with Crippen LogP contribution in [0.4, 0.5) is 13.2 Å². The third kappa shape index (κ3) is 2.80. The van der Waals surface area contributed by atoms with Gasteiger partial charge in [-0.15, -0.1) is 5.06 Å². The summed E-state index contributed by atoms with van der Waals surface area (Å²) in [5.41, 5.74) is -1.49. The molecule has 1 radical (unpaired) electrons. The molecule has 21 heavy (non-hydrogen) atoms. The van der Waals surface area contributed by atoms with Crippen LogP contribution < -0.4 is 0 Å². The first-order valence-corrected chi connectivity index (χ1v) is 6.09. The van der Waals surface area contributed by atoms with Crippen LogP contribution in [0.5, 0.6) is 0 Å². The van der Waals surface area contributed by atoms with Crippen LogP contribution in [0, 0.1) is 6.42 Å². The zero-order chi connectivity index (χ0) is 15.8. The van der Waals surface area contributed by atoms with Crippen molar-refractivity contribution < 1.29 is 37.5 Å². The summed E-state index contributed by atoms with van der Waals surface area (Å²) in [5.74, 6) is -4.30. The number of aliphatic carboxylic acids is 1. The lowest BCUT2D eigenvalue weighted by Gasteiger charge is -2.31. The molecule has 2 aliphatic rings. The maximum Gasteiger partial charge on any atom is 0.492 e. The number of halogens is 3. The van der Waals surface area contributed by atoms with E-state index in [0.29, 0.717) is 11.5 Å². The first kappa shape index (κ1) is 15.5. The number of amides is 1. The van der Waals surface area contributed by atoms with Gasteiger partial charge in [0.1, 0.15) is 12.1 Å². The van der Waals surface area contributed by atoms with Crippen molar-refractivity contribution in [1.29, 1.82) is 0 Å². The van der Waals surface area contributed by atoms with E-state index in [1.807, 2.05) is 0 Å². The molecule has 0 saturated carbocycles. The van der Waals surface area contributed by atoms with Crippen molar-refractivity contribution in [2.75, 3.05) is 19.6 Å². The minimum Gasteiger partial charge on any atom is -0.480 e. The molecule has 0 bridgehead atoms. The second kappa shape index (κ2) is 5.17. The molecule has 1 spiro atoms. The van der Waals surface area contributed by atoms with Crippen LogP contribution in [0.2, 0.25) is 0 Å². The summed E-state index contributed by atoms with van der Waals surface area (Å²) in [6, 6.07) is 0. The molecule has 2 saturated heterocycles. The molecule has 2 rings (SSSR count). The van der Waals surface area contributed by atoms with Crippen molar-refractivity contribution in [3.63, 3.8) is 0 Å². The van der Waals surface area contributed by atoms with E-state index >= 15 is 0 Å². The van der Waals surface area contributed by atoms with Crippen LogP contribution in [-0.2, 0) is 19.2 Å². The van der Waals surface area contributed by atoms with Crippen LogP contribution in [0.15, 0.2) is 0 Å². The SMILES string of the molecule is O=C(O)CN1C[CH]C2(CCCN2OC(=O)C(F)(F)F)C1=O. The number of alkyl halides is 3. The number of likely N-dealkylation sites (tertiary alicyclic amines) is 1. The van der Waals surface area contributed by atoms with E-state index in [1.165, 1.54) is 6.42 Å². The van der Waals surface area contributed by atoms with Crippen LogP contribution >= 0.6 is 0 Å². The van der Waals surface area contributed by atoms with Crippen molar-refractivity contribution in [3.8, 4) is 0 Å². The summed E-state index contributed by atoms with van der Waals surface area (Å²) in [6.45, 7) is -0.603. The fraction of sp³-hybridized carbons (Fsp3) is 0.636. The lowest BCUT2D eigenvalue weighted by molar-refractivity contribution is -0.247. The van der Waals surface area contributed by atoms with Gasteiger partial charge in [0.25, 0.3) is 0 Å². The highest BCUT2D eigenvalue weighted by Crippen LogP contribution is 2.38. The van der Waals surface area contributed by atoms with Gasteiger partial charge in [0, 0.05) is 19.5 Å². The molecule has 0 aliphatic carbocycles. The normalized spacial score (nSPS) is 26.6. The van der Waals surface area contributed by atoms with Gasteiger partial charge in [-0.3, -0.25) is 9.59 Å². The standard InChI is InChI=1S/C11H12F3N2O5/c12-11(13,14)9(20)21-16-4-1-2-10(16)3-5-15(8(10)19)6-7(17)18/h3H,1-2,4-6H2,(H,17,18). The van der Waals surface area contributed by atoms with Crippen LogP contribution in [-0.4, -0.2) is 64.3 Å². The van der Waals surface area contributed by atoms with Crippen molar-refractivity contribution in [2.45, 2.75) is 24.6 Å². The predicted octanol–water partition coefficient (Wildman–Crippen LogP) is -0.0274. The summed E-state index contributed by atoms with van der Waals surface area (Å²) in [5, 5.41) is 9.39. The first-order chi connectivity index (χ1) is 9.67. The van der Waals surface area contributed by atoms with Gasteiger partial charge in [0.05, 0.1) is 0 Å². The summed E-state index contributed by atoms with van der Waals surface area (Å²) < 4.78 is 36.7. The molecule has 1 N–H and O–H groups in total. The van der Waals surface area contributed by atoms with Gasteiger partial charge in [0.15, 0.2) is 0 Å². The summed E-state index contributed by atoms with van der Waals surface area (Å²) in [6.07, 6.45) is -3.25. The van der Waals surface area contributed by atoms with Crippen LogP contribution in [0.1, 0.15) is 12.8 Å². The molecule has 0 aromatic rings. The molecule has 7 nitrogen and oxygen atoms in total. The molecule has 1 unspecified atom stereocenters. The second-order valence-corrected chi connectivity index (χ2v) is 4.79. The molecule has 1 amide bonds. The smallest absolute Gasteiger partial charge is 0.480 e. The molecule has 117 valence electrons. The Morgan fingerprint density at radius 1 is 1.43 bits per heavy atom. The maximum atomic E-state index is 12.2. The zero-order valence-corrected chi connectivity index (χ0v) is 10.7. The average Bonchev–Trinajstić information content (AvgIpc) is 2.88. The van der Waals surface area contributed by atoms with Gasteiger partial charge in [-0.25, -0.2) is 4.79 Å². The number of carbonyl (C=O) groups excluding carboxylic acids is 2. The molecule has 2 fully saturated rings. The Morgan fingerprint density at radius 3 is 2.67 bits per heavy atom. The average molecular weight is 309 g/mol. The first-order valence-electron chi connectivity index (χ1n) is 6.09. The highest BCUT2D eigenvalue weighted by atomic mass is 19.4. The quantitative estimate of drug-likeness (QED) is 0.788. The van der Waals surface area contributed by atoms with Crippen molar-refractivity contribution in [2.24, 2.45) is 0 Å². The Hall–Kier alpha value is -1.84. The Labute approximate surface area is 117 Å². The number of hydrogen-bond acceptors (Lipinski definition) is 5. The fourth-order valence-corrected chi connectivity index (χ4v) is 2.52. The number of hydrogen-bond donors (Lipinski definition) is 1. The van der Waals surface area contributed by atoms with Gasteiger partial charge >= 0.3 is 18.1 Å². The van der Waals surface area contributed by atoms with Crippen molar-refractivity contribution in [3.05, 3.63) is 6.42 Å². The lowest BCUT2D eigenvalue weighted by Crippen LogP contribution is -2.52. The van der Waals surface area contributed by atoms with Crippen molar-refractivity contribution >= 4 is 17.8 Å². The summed E-state index contributed by atoms with van der Waals surface area (Å²) >= 11 is 0. The number of carbonyl (C=O) groups is 3. The van der Waals surface area contributed by atoms with E-state index < -0.39 is 36.1 Å². The Balaban J connectivity index is 2.13. The van der Waals surface area contributed by atoms with Crippen molar-refractivity contribution in [1.82, 2.24) is 9.96 Å². The van der Waals surface area contributed by atoms with Gasteiger partial charge in [-0.05, 0) is 12.8 Å². The number of hydroxylamine groups is 2. The van der Waals surface area contributed by atoms with Crippen LogP contribution in [0.25, 0.3) is 0 Å². The Bertz CT molecular complexity index is 481. The molecule has 1 atom stereocenters. The fourth-order valence-electron chi connectivity index (χ4n) is 2.52. The van der Waals surface area contributed by atoms with Gasteiger partial charge in [0.2, 0.25) is 5.91 Å². The van der Waals surface area contributed by atoms with Gasteiger partial charge in [-0.1, -0.05) is 0 Å². The second-order valence-electron chi connectivity index (χ2n) is 4.79. The number of carboxylic acid groups (broad SMARTS) is 1. The van der Waals surface area contributed by atoms with Crippen LogP contribution in [0.3, 0.4) is 0 Å². The van der Waals surface area contributed by atoms with E-state index in [2.05, 4.69) is 4.84 Å².